The molecular weight excluding hydrogens is 268 g/mol. The zero-order valence-electron chi connectivity index (χ0n) is 12.3. The number of hydrogen-bond donors (Lipinski definition) is 3. The highest BCUT2D eigenvalue weighted by molar-refractivity contribution is 5.90. The Hall–Kier alpha value is -2.04. The number of carbonyl (C=O) groups excluding carboxylic acids is 1. The first kappa shape index (κ1) is 15.4. The summed E-state index contributed by atoms with van der Waals surface area (Å²) in [6, 6.07) is 7.08. The molecule has 0 saturated heterocycles. The molecule has 1 saturated carbocycles. The van der Waals surface area contributed by atoms with Crippen LogP contribution in [0.15, 0.2) is 24.3 Å². The van der Waals surface area contributed by atoms with Gasteiger partial charge in [0.2, 0.25) is 0 Å². The number of benzene rings is 1. The molecule has 1 aromatic carbocycles. The number of para-hydroxylation sites is 1. The summed E-state index contributed by atoms with van der Waals surface area (Å²) < 4.78 is 0. The normalized spacial score (nSPS) is 15.3. The van der Waals surface area contributed by atoms with Crippen molar-refractivity contribution in [3.05, 3.63) is 29.8 Å². The number of carboxylic acid groups (broad SMARTS) is 1. The van der Waals surface area contributed by atoms with Crippen LogP contribution in [0.4, 0.5) is 10.5 Å². The monoisotopic (exact) mass is 290 g/mol. The Morgan fingerprint density at radius 2 is 2.00 bits per heavy atom. The highest BCUT2D eigenvalue weighted by atomic mass is 16.4. The van der Waals surface area contributed by atoms with Crippen molar-refractivity contribution in [2.24, 2.45) is 5.41 Å². The molecule has 0 radical (unpaired) electrons. The van der Waals surface area contributed by atoms with E-state index in [0.29, 0.717) is 24.1 Å². The molecule has 0 aromatic heterocycles. The van der Waals surface area contributed by atoms with Crippen molar-refractivity contribution in [2.75, 3.05) is 11.9 Å². The summed E-state index contributed by atoms with van der Waals surface area (Å²) in [7, 11) is 0. The van der Waals surface area contributed by atoms with E-state index in [1.165, 1.54) is 12.8 Å². The fraction of sp³-hybridized carbons (Fsp3) is 0.500. The maximum atomic E-state index is 12.0. The first-order chi connectivity index (χ1) is 10.0. The number of amides is 2. The minimum atomic E-state index is -0.840. The second-order valence-corrected chi connectivity index (χ2v) is 5.71. The van der Waals surface area contributed by atoms with Crippen molar-refractivity contribution < 1.29 is 14.7 Å². The first-order valence-electron chi connectivity index (χ1n) is 7.39. The molecular formula is C16H22N2O3. The molecule has 0 heterocycles. The maximum absolute atomic E-state index is 12.0. The lowest BCUT2D eigenvalue weighted by Crippen LogP contribution is -2.33. The van der Waals surface area contributed by atoms with Gasteiger partial charge in [-0.2, -0.15) is 0 Å². The summed E-state index contributed by atoms with van der Waals surface area (Å²) in [5, 5.41) is 14.5. The number of hydrogen-bond acceptors (Lipinski definition) is 2. The zero-order valence-corrected chi connectivity index (χ0v) is 12.3. The highest BCUT2D eigenvalue weighted by Gasteiger charge is 2.40. The van der Waals surface area contributed by atoms with Gasteiger partial charge in [-0.15, -0.1) is 0 Å². The van der Waals surface area contributed by atoms with Gasteiger partial charge in [-0.25, -0.2) is 4.79 Å². The number of aryl methyl sites for hydroxylation is 1. The van der Waals surface area contributed by atoms with E-state index in [-0.39, 0.29) is 12.5 Å². The molecule has 0 spiro atoms. The average molecular weight is 290 g/mol. The van der Waals surface area contributed by atoms with Crippen LogP contribution in [0, 0.1) is 5.41 Å². The second-order valence-electron chi connectivity index (χ2n) is 5.71. The van der Waals surface area contributed by atoms with Gasteiger partial charge in [0.15, 0.2) is 0 Å². The number of carbonyl (C=O) groups is 2. The minimum absolute atomic E-state index is 0.0548. The van der Waals surface area contributed by atoms with E-state index < -0.39 is 5.97 Å². The SMILES string of the molecule is CCC1(CNC(=O)Nc2ccccc2CCC(=O)O)CC1. The Morgan fingerprint density at radius 1 is 1.29 bits per heavy atom. The van der Waals surface area contributed by atoms with Crippen molar-refractivity contribution in [1.29, 1.82) is 0 Å². The molecule has 1 aliphatic rings. The number of carboxylic acids is 1. The van der Waals surface area contributed by atoms with Crippen LogP contribution in [-0.4, -0.2) is 23.7 Å². The van der Waals surface area contributed by atoms with Crippen molar-refractivity contribution in [1.82, 2.24) is 5.32 Å². The average Bonchev–Trinajstić information content (AvgIpc) is 3.25. The van der Waals surface area contributed by atoms with Crippen LogP contribution in [0.2, 0.25) is 0 Å². The first-order valence-corrected chi connectivity index (χ1v) is 7.39. The second kappa shape index (κ2) is 6.61. The van der Waals surface area contributed by atoms with Crippen LogP contribution in [0.3, 0.4) is 0 Å². The molecule has 0 unspecified atom stereocenters. The summed E-state index contributed by atoms with van der Waals surface area (Å²) in [5.41, 5.74) is 1.82. The standard InChI is InChI=1S/C16H22N2O3/c1-2-16(9-10-16)11-17-15(21)18-13-6-4-3-5-12(13)7-8-14(19)20/h3-6H,2,7-11H2,1H3,(H,19,20)(H2,17,18,21). The molecule has 2 rings (SSSR count). The highest BCUT2D eigenvalue weighted by Crippen LogP contribution is 2.47. The molecule has 1 fully saturated rings. The lowest BCUT2D eigenvalue weighted by molar-refractivity contribution is -0.136. The predicted molar refractivity (Wildman–Crippen MR) is 81.4 cm³/mol. The van der Waals surface area contributed by atoms with E-state index in [9.17, 15) is 9.59 Å². The number of aliphatic carboxylic acids is 1. The molecule has 5 nitrogen and oxygen atoms in total. The third kappa shape index (κ3) is 4.48. The van der Waals surface area contributed by atoms with Gasteiger partial charge in [-0.1, -0.05) is 25.1 Å². The fourth-order valence-corrected chi connectivity index (χ4v) is 2.37. The fourth-order valence-electron chi connectivity index (χ4n) is 2.37. The Bertz CT molecular complexity index is 524. The third-order valence-corrected chi connectivity index (χ3v) is 4.20. The van der Waals surface area contributed by atoms with Crippen molar-refractivity contribution in [2.45, 2.75) is 39.0 Å². The molecule has 114 valence electrons. The van der Waals surface area contributed by atoms with Gasteiger partial charge in [0, 0.05) is 18.7 Å². The Morgan fingerprint density at radius 3 is 2.62 bits per heavy atom. The van der Waals surface area contributed by atoms with Gasteiger partial charge in [-0.05, 0) is 42.7 Å². The van der Waals surface area contributed by atoms with Gasteiger partial charge >= 0.3 is 12.0 Å². The summed E-state index contributed by atoms with van der Waals surface area (Å²) >= 11 is 0. The van der Waals surface area contributed by atoms with E-state index in [4.69, 9.17) is 5.11 Å². The van der Waals surface area contributed by atoms with E-state index in [1.807, 2.05) is 18.2 Å². The van der Waals surface area contributed by atoms with Crippen molar-refractivity contribution >= 4 is 17.7 Å². The van der Waals surface area contributed by atoms with E-state index in [0.717, 1.165) is 12.0 Å². The summed E-state index contributed by atoms with van der Waals surface area (Å²) in [5.74, 6) is -0.840. The molecule has 0 aliphatic heterocycles. The van der Waals surface area contributed by atoms with E-state index >= 15 is 0 Å². The Kier molecular flexibility index (Phi) is 4.83. The van der Waals surface area contributed by atoms with Gasteiger partial charge < -0.3 is 15.7 Å². The van der Waals surface area contributed by atoms with Gasteiger partial charge in [0.05, 0.1) is 0 Å². The van der Waals surface area contributed by atoms with Crippen LogP contribution in [-0.2, 0) is 11.2 Å². The minimum Gasteiger partial charge on any atom is -0.481 e. The predicted octanol–water partition coefficient (Wildman–Crippen LogP) is 3.02. The maximum Gasteiger partial charge on any atom is 0.319 e. The van der Waals surface area contributed by atoms with Crippen LogP contribution in [0.1, 0.15) is 38.2 Å². The number of urea groups is 1. The Balaban J connectivity index is 1.89. The van der Waals surface area contributed by atoms with E-state index in [2.05, 4.69) is 17.6 Å². The summed E-state index contributed by atoms with van der Waals surface area (Å²) in [4.78, 5) is 22.6. The number of anilines is 1. The van der Waals surface area contributed by atoms with Gasteiger partial charge in [0.25, 0.3) is 0 Å². The lowest BCUT2D eigenvalue weighted by atomic mass is 10.0. The molecule has 21 heavy (non-hydrogen) atoms. The van der Waals surface area contributed by atoms with E-state index in [1.54, 1.807) is 6.07 Å². The molecule has 3 N–H and O–H groups in total. The summed E-state index contributed by atoms with van der Waals surface area (Å²) in [6.07, 6.45) is 3.91. The molecule has 0 bridgehead atoms. The van der Waals surface area contributed by atoms with Gasteiger partial charge in [0.1, 0.15) is 0 Å². The lowest BCUT2D eigenvalue weighted by Gasteiger charge is -2.15. The molecule has 1 aliphatic carbocycles. The molecule has 1 aromatic rings. The Labute approximate surface area is 124 Å². The largest absolute Gasteiger partial charge is 0.481 e. The smallest absolute Gasteiger partial charge is 0.319 e. The van der Waals surface area contributed by atoms with Crippen LogP contribution in [0.25, 0.3) is 0 Å². The summed E-state index contributed by atoms with van der Waals surface area (Å²) in [6.45, 7) is 2.85. The van der Waals surface area contributed by atoms with Crippen LogP contribution >= 0.6 is 0 Å². The molecule has 0 atom stereocenters. The number of nitrogens with one attached hydrogen (secondary N) is 2. The molecule has 5 heteroatoms. The number of rotatable bonds is 7. The topological polar surface area (TPSA) is 78.4 Å². The van der Waals surface area contributed by atoms with Crippen LogP contribution < -0.4 is 10.6 Å². The van der Waals surface area contributed by atoms with Crippen molar-refractivity contribution in [3.63, 3.8) is 0 Å². The quantitative estimate of drug-likeness (QED) is 0.722. The van der Waals surface area contributed by atoms with Crippen LogP contribution in [0.5, 0.6) is 0 Å². The van der Waals surface area contributed by atoms with Crippen molar-refractivity contribution in [3.8, 4) is 0 Å². The van der Waals surface area contributed by atoms with Gasteiger partial charge in [-0.3, -0.25) is 4.79 Å². The molecule has 2 amide bonds. The third-order valence-electron chi connectivity index (χ3n) is 4.20. The zero-order chi connectivity index (χ0) is 15.3.